The molecule has 0 N–H and O–H groups in total. The van der Waals surface area contributed by atoms with Crippen LogP contribution in [0, 0.1) is 16.7 Å². The number of carbonyl (C=O) groups excluding carboxylic acids is 1. The molecule has 1 fully saturated rings. The molecule has 1 aliphatic rings. The number of methoxy groups -OCH3 is 4. The number of nitrogens with zero attached hydrogens (tertiary/aromatic N) is 1. The van der Waals surface area contributed by atoms with Crippen LogP contribution < -0.4 is 0 Å². The van der Waals surface area contributed by atoms with Crippen LogP contribution in [0.25, 0.3) is 0 Å². The van der Waals surface area contributed by atoms with Gasteiger partial charge in [-0.05, 0) is 12.5 Å². The van der Waals surface area contributed by atoms with Crippen LogP contribution in [0.4, 0.5) is 0 Å². The number of hydrogen-bond acceptors (Lipinski definition) is 7. The van der Waals surface area contributed by atoms with Gasteiger partial charge in [0, 0.05) is 28.4 Å². The number of hydrogen-bond donors (Lipinski definition) is 0. The summed E-state index contributed by atoms with van der Waals surface area (Å²) < 4.78 is 27.6. The first kappa shape index (κ1) is 19.3. The Kier molecular flexibility index (Phi) is 5.49. The fraction of sp³-hybridized carbons (Fsp3) is 0.556. The highest BCUT2D eigenvalue weighted by Gasteiger charge is 2.89. The van der Waals surface area contributed by atoms with Crippen molar-refractivity contribution in [1.82, 2.24) is 0 Å². The number of rotatable bonds is 7. The second-order valence-corrected chi connectivity index (χ2v) is 5.58. The lowest BCUT2D eigenvalue weighted by Gasteiger charge is -2.66. The fourth-order valence-corrected chi connectivity index (χ4v) is 3.94. The molecule has 0 spiro atoms. The van der Waals surface area contributed by atoms with Crippen molar-refractivity contribution in [3.05, 3.63) is 35.9 Å². The predicted molar refractivity (Wildman–Crippen MR) is 87.4 cm³/mol. The fourth-order valence-electron chi connectivity index (χ4n) is 3.94. The van der Waals surface area contributed by atoms with Crippen molar-refractivity contribution >= 4 is 5.97 Å². The van der Waals surface area contributed by atoms with Crippen molar-refractivity contribution in [3.63, 3.8) is 0 Å². The molecule has 1 saturated carbocycles. The Bertz CT molecular complexity index is 647. The van der Waals surface area contributed by atoms with Crippen molar-refractivity contribution in [1.29, 1.82) is 5.26 Å². The quantitative estimate of drug-likeness (QED) is 0.548. The maximum Gasteiger partial charge on any atom is 0.333 e. The smallest absolute Gasteiger partial charge is 0.333 e. The predicted octanol–water partition coefficient (Wildman–Crippen LogP) is 1.84. The Morgan fingerprint density at radius 1 is 1.08 bits per heavy atom. The van der Waals surface area contributed by atoms with Crippen LogP contribution in [0.15, 0.2) is 30.3 Å². The minimum Gasteiger partial charge on any atom is -0.465 e. The van der Waals surface area contributed by atoms with E-state index in [4.69, 9.17) is 23.7 Å². The van der Waals surface area contributed by atoms with Gasteiger partial charge in [0.25, 0.3) is 5.79 Å². The molecule has 0 bridgehead atoms. The zero-order chi connectivity index (χ0) is 18.7. The van der Waals surface area contributed by atoms with Crippen molar-refractivity contribution in [2.75, 3.05) is 35.0 Å². The number of ether oxygens (including phenoxy) is 5. The Morgan fingerprint density at radius 2 is 1.64 bits per heavy atom. The largest absolute Gasteiger partial charge is 0.465 e. The zero-order valence-corrected chi connectivity index (χ0v) is 15.1. The third-order valence-corrected chi connectivity index (χ3v) is 4.88. The lowest BCUT2D eigenvalue weighted by Crippen LogP contribution is -2.84. The molecular formula is C18H23NO6. The minimum absolute atomic E-state index is 0.111. The van der Waals surface area contributed by atoms with Gasteiger partial charge in [0.2, 0.25) is 11.2 Å². The van der Waals surface area contributed by atoms with E-state index >= 15 is 0 Å². The molecular weight excluding hydrogens is 326 g/mol. The van der Waals surface area contributed by atoms with Gasteiger partial charge in [-0.3, -0.25) is 4.79 Å². The van der Waals surface area contributed by atoms with E-state index in [-0.39, 0.29) is 6.61 Å². The lowest BCUT2D eigenvalue weighted by molar-refractivity contribution is -0.483. The maximum atomic E-state index is 12.9. The molecule has 1 aliphatic carbocycles. The molecule has 0 saturated heterocycles. The highest BCUT2D eigenvalue weighted by molar-refractivity contribution is 5.86. The molecule has 7 nitrogen and oxygen atoms in total. The Balaban J connectivity index is 2.79. The Morgan fingerprint density at radius 3 is 2.04 bits per heavy atom. The summed E-state index contributed by atoms with van der Waals surface area (Å²) in [5.41, 5.74) is -1.13. The molecule has 0 radical (unpaired) electrons. The molecule has 0 heterocycles. The molecule has 25 heavy (non-hydrogen) atoms. The minimum atomic E-state index is -1.81. The van der Waals surface area contributed by atoms with Crippen LogP contribution in [0.2, 0.25) is 0 Å². The van der Waals surface area contributed by atoms with Gasteiger partial charge in [0.15, 0.2) is 0 Å². The molecule has 2 atom stereocenters. The third-order valence-electron chi connectivity index (χ3n) is 4.88. The summed E-state index contributed by atoms with van der Waals surface area (Å²) in [6.07, 6.45) is 0. The van der Waals surface area contributed by atoms with Gasteiger partial charge >= 0.3 is 5.97 Å². The number of carbonyl (C=O) groups is 1. The normalized spacial score (nSPS) is 26.3. The molecule has 0 aliphatic heterocycles. The van der Waals surface area contributed by atoms with Crippen LogP contribution in [-0.2, 0) is 28.5 Å². The molecule has 1 aromatic carbocycles. The van der Waals surface area contributed by atoms with Crippen molar-refractivity contribution in [2.24, 2.45) is 5.41 Å². The molecule has 0 amide bonds. The molecule has 7 heteroatoms. The number of nitriles is 1. The molecule has 136 valence electrons. The zero-order valence-electron chi connectivity index (χ0n) is 15.1. The highest BCUT2D eigenvalue weighted by atomic mass is 16.8. The first-order valence-electron chi connectivity index (χ1n) is 7.85. The summed E-state index contributed by atoms with van der Waals surface area (Å²) in [6, 6.07) is 11.1. The summed E-state index contributed by atoms with van der Waals surface area (Å²) >= 11 is 0. The number of esters is 1. The second kappa shape index (κ2) is 7.10. The van der Waals surface area contributed by atoms with Gasteiger partial charge in [0.1, 0.15) is 0 Å². The van der Waals surface area contributed by atoms with Gasteiger partial charge in [-0.1, -0.05) is 30.3 Å². The van der Waals surface area contributed by atoms with Crippen molar-refractivity contribution in [2.45, 2.75) is 24.4 Å². The van der Waals surface area contributed by atoms with Crippen LogP contribution in [0.5, 0.6) is 0 Å². The molecule has 2 rings (SSSR count). The van der Waals surface area contributed by atoms with E-state index in [0.717, 1.165) is 0 Å². The van der Waals surface area contributed by atoms with E-state index in [9.17, 15) is 10.1 Å². The monoisotopic (exact) mass is 349 g/mol. The average molecular weight is 349 g/mol. The van der Waals surface area contributed by atoms with Gasteiger partial charge in [-0.25, -0.2) is 0 Å². The first-order valence-corrected chi connectivity index (χ1v) is 7.85. The topological polar surface area (TPSA) is 87.0 Å². The Labute approximate surface area is 147 Å². The van der Waals surface area contributed by atoms with E-state index < -0.39 is 28.9 Å². The summed E-state index contributed by atoms with van der Waals surface area (Å²) in [5.74, 6) is -4.88. The summed E-state index contributed by atoms with van der Waals surface area (Å²) in [4.78, 5) is 12.9. The van der Waals surface area contributed by atoms with E-state index in [1.54, 1.807) is 31.2 Å². The SMILES string of the molecule is CCOC(=O)[C@@]1(C#N)[C@H](c2ccccc2)C(OC)(OC)C1(OC)OC. The maximum absolute atomic E-state index is 12.9. The van der Waals surface area contributed by atoms with Crippen LogP contribution in [0.1, 0.15) is 18.4 Å². The molecule has 0 unspecified atom stereocenters. The van der Waals surface area contributed by atoms with E-state index in [2.05, 4.69) is 6.07 Å². The standard InChI is InChI=1S/C18H23NO6/c1-6-25-15(20)16(12-19)14(13-10-8-7-9-11-13)17(21-2,22-3)18(16,23-4)24-5/h7-11,14H,6H2,1-5H3/t14-,16+/m0/s1. The summed E-state index contributed by atoms with van der Waals surface area (Å²) in [7, 11) is 5.50. The molecule has 0 aromatic heterocycles. The van der Waals surface area contributed by atoms with Crippen LogP contribution >= 0.6 is 0 Å². The lowest BCUT2D eigenvalue weighted by atomic mass is 9.49. The van der Waals surface area contributed by atoms with E-state index in [0.29, 0.717) is 5.56 Å². The Hall–Kier alpha value is -1.98. The third kappa shape index (κ3) is 2.15. The average Bonchev–Trinajstić information content (AvgIpc) is 2.64. The van der Waals surface area contributed by atoms with E-state index in [1.165, 1.54) is 28.4 Å². The van der Waals surface area contributed by atoms with Gasteiger partial charge in [0.05, 0.1) is 18.6 Å². The highest BCUT2D eigenvalue weighted by Crippen LogP contribution is 2.69. The van der Waals surface area contributed by atoms with Crippen molar-refractivity contribution < 1.29 is 28.5 Å². The van der Waals surface area contributed by atoms with Gasteiger partial charge in [-0.2, -0.15) is 5.26 Å². The first-order chi connectivity index (χ1) is 12.0. The van der Waals surface area contributed by atoms with Crippen LogP contribution in [-0.4, -0.2) is 52.6 Å². The summed E-state index contributed by atoms with van der Waals surface area (Å²) in [6.45, 7) is 1.78. The van der Waals surface area contributed by atoms with Gasteiger partial charge < -0.3 is 23.7 Å². The number of benzene rings is 1. The van der Waals surface area contributed by atoms with Gasteiger partial charge in [-0.15, -0.1) is 0 Å². The van der Waals surface area contributed by atoms with Crippen LogP contribution in [0.3, 0.4) is 0 Å². The van der Waals surface area contributed by atoms with Crippen molar-refractivity contribution in [3.8, 4) is 6.07 Å². The summed E-state index contributed by atoms with van der Waals surface area (Å²) in [5, 5.41) is 10.1. The second-order valence-electron chi connectivity index (χ2n) is 5.58. The van der Waals surface area contributed by atoms with E-state index in [1.807, 2.05) is 6.07 Å². The molecule has 1 aromatic rings.